The lowest BCUT2D eigenvalue weighted by Crippen LogP contribution is -2.46. The molecule has 0 unspecified atom stereocenters. The number of halogens is 1. The van der Waals surface area contributed by atoms with Crippen molar-refractivity contribution in [3.8, 4) is 0 Å². The molecule has 0 radical (unpaired) electrons. The van der Waals surface area contributed by atoms with Gasteiger partial charge in [0.25, 0.3) is 0 Å². The molecule has 2 fully saturated rings. The number of benzene rings is 1. The van der Waals surface area contributed by atoms with Crippen LogP contribution in [0.4, 0.5) is 4.39 Å². The molecular formula is C22H28FN3. The van der Waals surface area contributed by atoms with Crippen LogP contribution < -0.4 is 0 Å². The first-order valence-electron chi connectivity index (χ1n) is 9.80. The molecule has 1 aromatic heterocycles. The Hall–Kier alpha value is -1.78. The summed E-state index contributed by atoms with van der Waals surface area (Å²) in [4.78, 5) is 9.05. The molecule has 1 spiro atoms. The molecular weight excluding hydrogens is 325 g/mol. The monoisotopic (exact) mass is 353 g/mol. The average molecular weight is 353 g/mol. The summed E-state index contributed by atoms with van der Waals surface area (Å²) in [5, 5.41) is 0. The van der Waals surface area contributed by atoms with Gasteiger partial charge >= 0.3 is 0 Å². The van der Waals surface area contributed by atoms with E-state index < -0.39 is 0 Å². The number of likely N-dealkylation sites (tertiary alicyclic amines) is 2. The van der Waals surface area contributed by atoms with Gasteiger partial charge in [-0.3, -0.25) is 14.8 Å². The largest absolute Gasteiger partial charge is 0.299 e. The van der Waals surface area contributed by atoms with Gasteiger partial charge in [0.2, 0.25) is 0 Å². The van der Waals surface area contributed by atoms with Gasteiger partial charge in [-0.2, -0.15) is 0 Å². The molecule has 2 aromatic rings. The zero-order chi connectivity index (χ0) is 17.8. The van der Waals surface area contributed by atoms with Crippen LogP contribution in [0.5, 0.6) is 0 Å². The van der Waals surface area contributed by atoms with E-state index in [2.05, 4.69) is 45.1 Å². The average Bonchev–Trinajstić information content (AvgIpc) is 2.68. The van der Waals surface area contributed by atoms with E-state index in [4.69, 9.17) is 0 Å². The van der Waals surface area contributed by atoms with E-state index in [1.807, 2.05) is 0 Å². The van der Waals surface area contributed by atoms with Crippen molar-refractivity contribution in [2.45, 2.75) is 38.8 Å². The van der Waals surface area contributed by atoms with Gasteiger partial charge in [-0.05, 0) is 68.9 Å². The van der Waals surface area contributed by atoms with Gasteiger partial charge in [0.15, 0.2) is 0 Å². The summed E-state index contributed by atoms with van der Waals surface area (Å²) in [6, 6.07) is 12.2. The summed E-state index contributed by atoms with van der Waals surface area (Å²) in [5.74, 6) is -0.130. The molecule has 0 saturated carbocycles. The number of pyridine rings is 1. The maximum absolute atomic E-state index is 13.8. The van der Waals surface area contributed by atoms with Crippen LogP contribution in [0, 0.1) is 11.2 Å². The molecule has 2 saturated heterocycles. The lowest BCUT2D eigenvalue weighted by molar-refractivity contribution is 0.0296. The molecule has 26 heavy (non-hydrogen) atoms. The zero-order valence-corrected chi connectivity index (χ0v) is 15.4. The Morgan fingerprint density at radius 1 is 0.846 bits per heavy atom. The van der Waals surface area contributed by atoms with Crippen molar-refractivity contribution in [2.24, 2.45) is 5.41 Å². The highest BCUT2D eigenvalue weighted by Gasteiger charge is 2.37. The van der Waals surface area contributed by atoms with Crippen LogP contribution in [-0.4, -0.2) is 41.0 Å². The van der Waals surface area contributed by atoms with Crippen LogP contribution >= 0.6 is 0 Å². The molecule has 0 bridgehead atoms. The van der Waals surface area contributed by atoms with Crippen molar-refractivity contribution >= 4 is 0 Å². The quantitative estimate of drug-likeness (QED) is 0.825. The Morgan fingerprint density at radius 2 is 1.46 bits per heavy atom. The van der Waals surface area contributed by atoms with E-state index in [0.29, 0.717) is 12.0 Å². The molecule has 138 valence electrons. The Morgan fingerprint density at radius 3 is 2.08 bits per heavy atom. The maximum atomic E-state index is 13.8. The minimum Gasteiger partial charge on any atom is -0.299 e. The summed E-state index contributed by atoms with van der Waals surface area (Å²) in [6.45, 7) is 6.32. The first-order valence-corrected chi connectivity index (χ1v) is 9.80. The van der Waals surface area contributed by atoms with Gasteiger partial charge in [-0.15, -0.1) is 0 Å². The molecule has 2 aliphatic rings. The van der Waals surface area contributed by atoms with Crippen LogP contribution in [0.3, 0.4) is 0 Å². The number of piperidine rings is 2. The van der Waals surface area contributed by atoms with Gasteiger partial charge in [0.1, 0.15) is 5.82 Å². The Labute approximate surface area is 155 Å². The topological polar surface area (TPSA) is 19.4 Å². The SMILES string of the molecule is Fc1ccncc1CN1CCC2(CCN(Cc3ccccc3)CC2)CC1. The number of hydrogen-bond donors (Lipinski definition) is 0. The number of aromatic nitrogens is 1. The normalized spacial score (nSPS) is 21.1. The standard InChI is InChI=1S/C22H28FN3/c23-21-6-11-24-16-20(21)18-26-14-9-22(10-15-26)7-12-25(13-8-22)17-19-4-2-1-3-5-19/h1-6,11,16H,7-10,12-15,17-18H2. The van der Waals surface area contributed by atoms with Gasteiger partial charge in [-0.1, -0.05) is 30.3 Å². The Kier molecular flexibility index (Phi) is 5.32. The fourth-order valence-corrected chi connectivity index (χ4v) is 4.48. The lowest BCUT2D eigenvalue weighted by atomic mass is 9.71. The van der Waals surface area contributed by atoms with E-state index in [-0.39, 0.29) is 5.82 Å². The molecule has 1 aromatic carbocycles. The molecule has 0 amide bonds. The number of nitrogens with zero attached hydrogens (tertiary/aromatic N) is 3. The van der Waals surface area contributed by atoms with E-state index in [1.165, 1.54) is 56.6 Å². The van der Waals surface area contributed by atoms with Gasteiger partial charge in [0, 0.05) is 31.0 Å². The molecule has 3 nitrogen and oxygen atoms in total. The highest BCUT2D eigenvalue weighted by atomic mass is 19.1. The van der Waals surface area contributed by atoms with Crippen molar-refractivity contribution < 1.29 is 4.39 Å². The number of rotatable bonds is 4. The summed E-state index contributed by atoms with van der Waals surface area (Å²) >= 11 is 0. The predicted octanol–water partition coefficient (Wildman–Crippen LogP) is 4.10. The first kappa shape index (κ1) is 17.6. The summed E-state index contributed by atoms with van der Waals surface area (Å²) in [5.41, 5.74) is 2.65. The third-order valence-corrected chi connectivity index (χ3v) is 6.32. The minimum absolute atomic E-state index is 0.130. The molecule has 3 heterocycles. The second-order valence-electron chi connectivity index (χ2n) is 8.00. The predicted molar refractivity (Wildman–Crippen MR) is 102 cm³/mol. The summed E-state index contributed by atoms with van der Waals surface area (Å²) in [6.07, 6.45) is 8.28. The highest BCUT2D eigenvalue weighted by molar-refractivity contribution is 5.15. The highest BCUT2D eigenvalue weighted by Crippen LogP contribution is 2.41. The summed E-state index contributed by atoms with van der Waals surface area (Å²) < 4.78 is 13.8. The smallest absolute Gasteiger partial charge is 0.130 e. The maximum Gasteiger partial charge on any atom is 0.130 e. The minimum atomic E-state index is -0.130. The van der Waals surface area contributed by atoms with E-state index >= 15 is 0 Å². The van der Waals surface area contributed by atoms with Crippen LogP contribution in [0.15, 0.2) is 48.8 Å². The Bertz CT molecular complexity index is 700. The molecule has 0 N–H and O–H groups in total. The van der Waals surface area contributed by atoms with Crippen molar-refractivity contribution in [3.05, 3.63) is 65.7 Å². The van der Waals surface area contributed by atoms with Crippen LogP contribution in [-0.2, 0) is 13.1 Å². The van der Waals surface area contributed by atoms with Crippen LogP contribution in [0.1, 0.15) is 36.8 Å². The van der Waals surface area contributed by atoms with Crippen molar-refractivity contribution in [1.82, 2.24) is 14.8 Å². The third kappa shape index (κ3) is 4.13. The molecule has 0 atom stereocenters. The number of hydrogen-bond acceptors (Lipinski definition) is 3. The molecule has 2 aliphatic heterocycles. The lowest BCUT2D eigenvalue weighted by Gasteiger charge is -2.47. The summed E-state index contributed by atoms with van der Waals surface area (Å²) in [7, 11) is 0. The van der Waals surface area contributed by atoms with E-state index in [0.717, 1.165) is 25.2 Å². The molecule has 0 aliphatic carbocycles. The van der Waals surface area contributed by atoms with Gasteiger partial charge in [-0.25, -0.2) is 4.39 Å². The van der Waals surface area contributed by atoms with E-state index in [9.17, 15) is 4.39 Å². The Balaban J connectivity index is 1.26. The van der Waals surface area contributed by atoms with Crippen molar-refractivity contribution in [1.29, 1.82) is 0 Å². The first-order chi connectivity index (χ1) is 12.7. The fourth-order valence-electron chi connectivity index (χ4n) is 4.48. The van der Waals surface area contributed by atoms with E-state index in [1.54, 1.807) is 6.20 Å². The molecule has 4 heteroatoms. The van der Waals surface area contributed by atoms with Crippen LogP contribution in [0.2, 0.25) is 0 Å². The second kappa shape index (κ2) is 7.85. The zero-order valence-electron chi connectivity index (χ0n) is 15.4. The van der Waals surface area contributed by atoms with Crippen molar-refractivity contribution in [3.63, 3.8) is 0 Å². The fraction of sp³-hybridized carbons (Fsp3) is 0.500. The molecule has 4 rings (SSSR count). The van der Waals surface area contributed by atoms with Crippen molar-refractivity contribution in [2.75, 3.05) is 26.2 Å². The van der Waals surface area contributed by atoms with Gasteiger partial charge < -0.3 is 0 Å². The van der Waals surface area contributed by atoms with Gasteiger partial charge in [0.05, 0.1) is 0 Å². The second-order valence-corrected chi connectivity index (χ2v) is 8.00. The van der Waals surface area contributed by atoms with Crippen LogP contribution in [0.25, 0.3) is 0 Å². The third-order valence-electron chi connectivity index (χ3n) is 6.32.